The lowest BCUT2D eigenvalue weighted by Crippen LogP contribution is -2.24. The highest BCUT2D eigenvalue weighted by Gasteiger charge is 2.36. The van der Waals surface area contributed by atoms with E-state index in [2.05, 4.69) is 10.5 Å². The zero-order chi connectivity index (χ0) is 40.4. The van der Waals surface area contributed by atoms with Crippen molar-refractivity contribution in [1.29, 1.82) is 0 Å². The summed E-state index contributed by atoms with van der Waals surface area (Å²) in [6.45, 7) is -2.04. The molecule has 0 aliphatic carbocycles. The van der Waals surface area contributed by atoms with Gasteiger partial charge in [-0.05, 0) is 108 Å². The quantitative estimate of drug-likeness (QED) is 0.190. The van der Waals surface area contributed by atoms with Crippen molar-refractivity contribution < 1.29 is 17.1 Å². The second-order valence-corrected chi connectivity index (χ2v) is 13.8. The van der Waals surface area contributed by atoms with E-state index in [9.17, 15) is 0 Å². The number of imidazole rings is 1. The van der Waals surface area contributed by atoms with Crippen molar-refractivity contribution in [2.45, 2.75) is 46.7 Å². The Labute approximate surface area is 297 Å². The lowest BCUT2D eigenvalue weighted by atomic mass is 9.74. The van der Waals surface area contributed by atoms with Crippen molar-refractivity contribution in [2.75, 3.05) is 0 Å². The van der Waals surface area contributed by atoms with Crippen LogP contribution < -0.4 is 4.74 Å². The van der Waals surface area contributed by atoms with E-state index < -0.39 is 26.0 Å². The number of hydrogen-bond acceptors (Lipinski definition) is 3. The molecule has 1 aliphatic rings. The van der Waals surface area contributed by atoms with E-state index in [0.29, 0.717) is 33.8 Å². The predicted octanol–water partition coefficient (Wildman–Crippen LogP) is 12.4. The number of benzene rings is 6. The number of thiazole rings is 1. The SMILES string of the molecule is [2H]C([2H])([2H])c1ccc(-c2c(C)ccc3c2Oc2ccccc2C3(C)C([2H])([2H])[2H])cc1-c1cc(-c2c(C)ccc3c2sc2nc4ccccc4n23)ccc1C([2H])([2H])[2H]. The Hall–Kier alpha value is -5.19. The van der Waals surface area contributed by atoms with Crippen LogP contribution in [0.15, 0.2) is 109 Å². The van der Waals surface area contributed by atoms with Crippen LogP contribution in [-0.4, -0.2) is 9.38 Å². The van der Waals surface area contributed by atoms with Gasteiger partial charge in [0.1, 0.15) is 11.5 Å². The van der Waals surface area contributed by atoms with Crippen LogP contribution >= 0.6 is 11.3 Å². The van der Waals surface area contributed by atoms with Crippen LogP contribution in [0.1, 0.15) is 59.5 Å². The number of fused-ring (bicyclic) bond motifs is 7. The van der Waals surface area contributed by atoms with Crippen molar-refractivity contribution >= 4 is 37.5 Å². The van der Waals surface area contributed by atoms with Crippen LogP contribution in [0.2, 0.25) is 0 Å². The summed E-state index contributed by atoms with van der Waals surface area (Å²) in [6.07, 6.45) is 0. The molecule has 9 rings (SSSR count). The zero-order valence-corrected chi connectivity index (χ0v) is 27.4. The molecular weight excluding hydrogens is 605 g/mol. The Morgan fingerprint density at radius 3 is 2.12 bits per heavy atom. The van der Waals surface area contributed by atoms with Gasteiger partial charge in [-0.3, -0.25) is 4.40 Å². The zero-order valence-electron chi connectivity index (χ0n) is 35.6. The molecule has 1 aliphatic heterocycles. The molecule has 4 heteroatoms. The lowest BCUT2D eigenvalue weighted by Gasteiger charge is -2.36. The van der Waals surface area contributed by atoms with E-state index in [1.165, 1.54) is 6.07 Å². The van der Waals surface area contributed by atoms with E-state index in [4.69, 9.17) is 22.1 Å². The van der Waals surface area contributed by atoms with E-state index in [0.717, 1.165) is 48.5 Å². The molecule has 234 valence electrons. The van der Waals surface area contributed by atoms with Crippen LogP contribution in [0.4, 0.5) is 0 Å². The van der Waals surface area contributed by atoms with Crippen molar-refractivity contribution in [1.82, 2.24) is 9.38 Å². The molecule has 0 fully saturated rings. The third kappa shape index (κ3) is 4.15. The molecule has 0 radical (unpaired) electrons. The first-order valence-corrected chi connectivity index (χ1v) is 16.7. The molecule has 8 aromatic rings. The second kappa shape index (κ2) is 10.4. The minimum atomic E-state index is -2.60. The summed E-state index contributed by atoms with van der Waals surface area (Å²) in [5, 5.41) is 0. The van der Waals surface area contributed by atoms with Crippen molar-refractivity contribution in [2.24, 2.45) is 0 Å². The molecule has 3 heterocycles. The van der Waals surface area contributed by atoms with Crippen LogP contribution in [0, 0.1) is 27.6 Å². The number of para-hydroxylation sites is 3. The molecule has 0 saturated carbocycles. The van der Waals surface area contributed by atoms with Gasteiger partial charge in [0.05, 0.1) is 21.3 Å². The molecule has 1 unspecified atom stereocenters. The number of aromatic nitrogens is 2. The number of aryl methyl sites for hydroxylation is 4. The maximum absolute atomic E-state index is 8.71. The molecule has 2 aromatic heterocycles. The van der Waals surface area contributed by atoms with Gasteiger partial charge in [0.25, 0.3) is 0 Å². The van der Waals surface area contributed by atoms with Gasteiger partial charge < -0.3 is 4.74 Å². The highest BCUT2D eigenvalue weighted by atomic mass is 32.1. The van der Waals surface area contributed by atoms with Crippen LogP contribution in [0.25, 0.3) is 59.6 Å². The van der Waals surface area contributed by atoms with Crippen molar-refractivity contribution in [3.8, 4) is 44.9 Å². The fourth-order valence-electron chi connectivity index (χ4n) is 7.31. The minimum absolute atomic E-state index is 0.00839. The van der Waals surface area contributed by atoms with Crippen LogP contribution in [0.3, 0.4) is 0 Å². The summed E-state index contributed by atoms with van der Waals surface area (Å²) in [4.78, 5) is 5.71. The Kier molecular flexibility index (Phi) is 4.53. The summed E-state index contributed by atoms with van der Waals surface area (Å²) in [5.41, 5.74) is 7.49. The Morgan fingerprint density at radius 2 is 1.35 bits per heavy atom. The molecule has 0 bridgehead atoms. The molecule has 0 amide bonds. The number of nitrogens with zero attached hydrogens (tertiary/aromatic N) is 2. The van der Waals surface area contributed by atoms with Crippen molar-refractivity contribution in [3.05, 3.63) is 143 Å². The summed E-state index contributed by atoms with van der Waals surface area (Å²) in [5.74, 6) is 0.785. The highest BCUT2D eigenvalue weighted by Crippen LogP contribution is 2.52. The van der Waals surface area contributed by atoms with Crippen LogP contribution in [0.5, 0.6) is 11.5 Å². The van der Waals surface area contributed by atoms with E-state index >= 15 is 0 Å². The molecular formula is C44H36N2OS. The fourth-order valence-corrected chi connectivity index (χ4v) is 8.57. The third-order valence-corrected chi connectivity index (χ3v) is 10.8. The standard InChI is InChI=1S/C44H36N2OS/c1-25-15-19-29(39-27(3)17-21-34-41(39)47-38-14-10-7-11-33(38)44(34,5)6)23-31(25)32-24-30(20-16-26(32)2)40-28(4)18-22-37-42(40)48-43-45-35-12-8-9-13-36(35)46(37)43/h7-24H,1-6H3/i1D3,2D3,5D3. The van der Waals surface area contributed by atoms with E-state index in [1.807, 2.05) is 50.2 Å². The first-order chi connectivity index (χ1) is 26.9. The molecule has 1 atom stereocenters. The van der Waals surface area contributed by atoms with Gasteiger partial charge in [-0.15, -0.1) is 0 Å². The maximum Gasteiger partial charge on any atom is 0.195 e. The number of rotatable bonds is 3. The number of ether oxygens (including phenoxy) is 1. The first-order valence-electron chi connectivity index (χ1n) is 20.4. The normalized spacial score (nSPS) is 19.1. The Bertz CT molecular complexity index is 2950. The predicted molar refractivity (Wildman–Crippen MR) is 202 cm³/mol. The minimum Gasteiger partial charge on any atom is -0.456 e. The first kappa shape index (κ1) is 20.9. The average molecular weight is 650 g/mol. The van der Waals surface area contributed by atoms with E-state index in [-0.39, 0.29) is 22.3 Å². The van der Waals surface area contributed by atoms with Crippen molar-refractivity contribution in [3.63, 3.8) is 0 Å². The number of hydrogen-bond donors (Lipinski definition) is 0. The molecule has 0 N–H and O–H groups in total. The third-order valence-electron chi connectivity index (χ3n) is 9.76. The second-order valence-electron chi connectivity index (χ2n) is 12.8. The Balaban J connectivity index is 1.30. The molecule has 0 saturated heterocycles. The van der Waals surface area contributed by atoms with Gasteiger partial charge in [0.15, 0.2) is 4.96 Å². The van der Waals surface area contributed by atoms with E-state index in [1.54, 1.807) is 78.9 Å². The van der Waals surface area contributed by atoms with Gasteiger partial charge in [-0.1, -0.05) is 97.9 Å². The molecule has 6 aromatic carbocycles. The monoisotopic (exact) mass is 649 g/mol. The molecule has 48 heavy (non-hydrogen) atoms. The van der Waals surface area contributed by atoms with Gasteiger partial charge in [-0.2, -0.15) is 0 Å². The largest absolute Gasteiger partial charge is 0.456 e. The van der Waals surface area contributed by atoms with Gasteiger partial charge in [0.2, 0.25) is 0 Å². The summed E-state index contributed by atoms with van der Waals surface area (Å²) < 4.78 is 87.6. The average Bonchev–Trinajstić information content (AvgIpc) is 3.69. The van der Waals surface area contributed by atoms with Gasteiger partial charge >= 0.3 is 0 Å². The molecule has 3 nitrogen and oxygen atoms in total. The smallest absolute Gasteiger partial charge is 0.195 e. The molecule has 0 spiro atoms. The lowest BCUT2D eigenvalue weighted by molar-refractivity contribution is 0.419. The maximum atomic E-state index is 8.71. The Morgan fingerprint density at radius 1 is 0.688 bits per heavy atom. The summed E-state index contributed by atoms with van der Waals surface area (Å²) in [6, 6.07) is 32.9. The van der Waals surface area contributed by atoms with Crippen LogP contribution in [-0.2, 0) is 5.41 Å². The van der Waals surface area contributed by atoms with Gasteiger partial charge in [0, 0.05) is 40.0 Å². The van der Waals surface area contributed by atoms with Gasteiger partial charge in [-0.25, -0.2) is 4.98 Å². The topological polar surface area (TPSA) is 26.5 Å². The highest BCUT2D eigenvalue weighted by molar-refractivity contribution is 7.24. The summed E-state index contributed by atoms with van der Waals surface area (Å²) >= 11 is 1.55. The summed E-state index contributed by atoms with van der Waals surface area (Å²) in [7, 11) is 0. The fraction of sp³-hybridized carbons (Fsp3) is 0.159.